The minimum absolute atomic E-state index is 0.599. The molecule has 5 nitrogen and oxygen atoms in total. The second kappa shape index (κ2) is 9.93. The predicted molar refractivity (Wildman–Crippen MR) is 105 cm³/mol. The van der Waals surface area contributed by atoms with E-state index in [0.29, 0.717) is 19.0 Å². The molecule has 2 N–H and O–H groups in total. The van der Waals surface area contributed by atoms with Crippen molar-refractivity contribution in [2.75, 3.05) is 19.9 Å². The van der Waals surface area contributed by atoms with Crippen molar-refractivity contribution in [2.45, 2.75) is 31.8 Å². The topological polar surface area (TPSA) is 58.5 Å². The van der Waals surface area contributed by atoms with Gasteiger partial charge in [-0.1, -0.05) is 18.2 Å². The number of benzene rings is 1. The number of hydrogen-bond donors (Lipinski definition) is 2. The number of aliphatic imine (C=N–C) groups is 1. The maximum absolute atomic E-state index is 5.56. The lowest BCUT2D eigenvalue weighted by Crippen LogP contribution is -2.36. The number of nitrogens with one attached hydrogen (secondary N) is 2. The summed E-state index contributed by atoms with van der Waals surface area (Å²) < 4.78 is 5.56. The number of rotatable bonds is 7. The number of nitrogens with zero attached hydrogens (tertiary/aromatic N) is 2. The van der Waals surface area contributed by atoms with Gasteiger partial charge in [0.2, 0.25) is 5.88 Å². The van der Waals surface area contributed by atoms with E-state index in [1.807, 2.05) is 19.1 Å². The van der Waals surface area contributed by atoms with E-state index < -0.39 is 0 Å². The maximum Gasteiger partial charge on any atom is 0.218 e. The van der Waals surface area contributed by atoms with Gasteiger partial charge in [-0.25, -0.2) is 4.98 Å². The fraction of sp³-hybridized carbons (Fsp3) is 0.368. The fourth-order valence-corrected chi connectivity index (χ4v) is 3.11. The van der Waals surface area contributed by atoms with Crippen molar-refractivity contribution in [1.82, 2.24) is 15.6 Å². The van der Waals surface area contributed by atoms with Crippen molar-refractivity contribution in [3.05, 3.63) is 53.2 Å². The quantitative estimate of drug-likeness (QED) is 0.451. The van der Waals surface area contributed by atoms with E-state index in [1.165, 1.54) is 16.0 Å². The molecule has 0 fully saturated rings. The molecular weight excluding hydrogens is 332 g/mol. The standard InChI is InChI=1S/C19H26N4OS/c1-5-24-18-16(7-6-10-21-18)13-23-19(20-3)22-12-15-9-8-14(2)11-17(15)25-4/h6-11H,5,12-13H2,1-4H3,(H2,20,22,23). The zero-order chi connectivity index (χ0) is 18.1. The second-order valence-electron chi connectivity index (χ2n) is 5.50. The van der Waals surface area contributed by atoms with Crippen LogP contribution < -0.4 is 15.4 Å². The van der Waals surface area contributed by atoms with Gasteiger partial charge in [0.05, 0.1) is 6.61 Å². The normalized spacial score (nSPS) is 11.3. The summed E-state index contributed by atoms with van der Waals surface area (Å²) in [5.74, 6) is 1.41. The summed E-state index contributed by atoms with van der Waals surface area (Å²) in [5.41, 5.74) is 3.54. The van der Waals surface area contributed by atoms with Gasteiger partial charge in [-0.3, -0.25) is 4.99 Å². The van der Waals surface area contributed by atoms with Crippen LogP contribution in [-0.4, -0.2) is 30.9 Å². The van der Waals surface area contributed by atoms with Crippen molar-refractivity contribution in [3.8, 4) is 5.88 Å². The zero-order valence-electron chi connectivity index (χ0n) is 15.3. The van der Waals surface area contributed by atoms with E-state index >= 15 is 0 Å². The molecule has 1 aromatic carbocycles. The average molecular weight is 359 g/mol. The fourth-order valence-electron chi connectivity index (χ4n) is 2.40. The van der Waals surface area contributed by atoms with Gasteiger partial charge in [0.1, 0.15) is 0 Å². The monoisotopic (exact) mass is 358 g/mol. The van der Waals surface area contributed by atoms with Crippen molar-refractivity contribution in [2.24, 2.45) is 4.99 Å². The largest absolute Gasteiger partial charge is 0.478 e. The third kappa shape index (κ3) is 5.67. The van der Waals surface area contributed by atoms with E-state index in [4.69, 9.17) is 4.74 Å². The van der Waals surface area contributed by atoms with E-state index in [1.54, 1.807) is 25.0 Å². The summed E-state index contributed by atoms with van der Waals surface area (Å²) in [6, 6.07) is 10.4. The number of guanidine groups is 1. The van der Waals surface area contributed by atoms with Gasteiger partial charge in [-0.2, -0.15) is 0 Å². The molecule has 134 valence electrons. The summed E-state index contributed by atoms with van der Waals surface area (Å²) in [6.07, 6.45) is 3.84. The van der Waals surface area contributed by atoms with Crippen LogP contribution in [0.3, 0.4) is 0 Å². The second-order valence-corrected chi connectivity index (χ2v) is 6.34. The molecule has 0 atom stereocenters. The minimum atomic E-state index is 0.599. The molecule has 0 bridgehead atoms. The molecule has 0 aliphatic rings. The number of aryl methyl sites for hydroxylation is 1. The molecule has 1 aromatic heterocycles. The molecule has 0 aliphatic heterocycles. The van der Waals surface area contributed by atoms with Crippen LogP contribution in [0.4, 0.5) is 0 Å². The first kappa shape index (κ1) is 19.1. The molecule has 0 saturated carbocycles. The van der Waals surface area contributed by atoms with Gasteiger partial charge in [-0.05, 0) is 43.4 Å². The minimum Gasteiger partial charge on any atom is -0.478 e. The Balaban J connectivity index is 1.96. The SMILES string of the molecule is CCOc1ncccc1CNC(=NC)NCc1ccc(C)cc1SC. The maximum atomic E-state index is 5.56. The lowest BCUT2D eigenvalue weighted by atomic mass is 10.1. The molecule has 1 heterocycles. The Hall–Kier alpha value is -2.21. The van der Waals surface area contributed by atoms with Crippen LogP contribution in [0.15, 0.2) is 46.4 Å². The van der Waals surface area contributed by atoms with Crippen molar-refractivity contribution >= 4 is 17.7 Å². The molecule has 0 aliphatic carbocycles. The number of pyridine rings is 1. The molecule has 2 aromatic rings. The highest BCUT2D eigenvalue weighted by molar-refractivity contribution is 7.98. The van der Waals surface area contributed by atoms with Crippen LogP contribution >= 0.6 is 11.8 Å². The predicted octanol–water partition coefficient (Wildman–Crippen LogP) is 3.38. The smallest absolute Gasteiger partial charge is 0.218 e. The summed E-state index contributed by atoms with van der Waals surface area (Å²) >= 11 is 1.76. The summed E-state index contributed by atoms with van der Waals surface area (Å²) in [5, 5.41) is 6.68. The van der Waals surface area contributed by atoms with Crippen LogP contribution in [0, 0.1) is 6.92 Å². The van der Waals surface area contributed by atoms with Crippen LogP contribution in [-0.2, 0) is 13.1 Å². The lowest BCUT2D eigenvalue weighted by molar-refractivity contribution is 0.322. The highest BCUT2D eigenvalue weighted by Crippen LogP contribution is 2.21. The third-order valence-electron chi connectivity index (χ3n) is 3.69. The first-order valence-corrected chi connectivity index (χ1v) is 9.55. The van der Waals surface area contributed by atoms with Crippen LogP contribution in [0.1, 0.15) is 23.6 Å². The van der Waals surface area contributed by atoms with Crippen LogP contribution in [0.2, 0.25) is 0 Å². The van der Waals surface area contributed by atoms with E-state index in [-0.39, 0.29) is 0 Å². The Labute approximate surface area is 154 Å². The van der Waals surface area contributed by atoms with E-state index in [2.05, 4.69) is 52.0 Å². The summed E-state index contributed by atoms with van der Waals surface area (Å²) in [4.78, 5) is 9.85. The summed E-state index contributed by atoms with van der Waals surface area (Å²) in [6.45, 7) is 5.99. The third-order valence-corrected chi connectivity index (χ3v) is 4.51. The number of thioether (sulfide) groups is 1. The van der Waals surface area contributed by atoms with Gasteiger partial charge >= 0.3 is 0 Å². The first-order chi connectivity index (χ1) is 12.2. The highest BCUT2D eigenvalue weighted by atomic mass is 32.2. The molecule has 0 radical (unpaired) electrons. The van der Waals surface area contributed by atoms with Crippen LogP contribution in [0.25, 0.3) is 0 Å². The molecule has 6 heteroatoms. The number of hydrogen-bond acceptors (Lipinski definition) is 4. The molecule has 0 amide bonds. The Morgan fingerprint density at radius 3 is 2.64 bits per heavy atom. The number of ether oxygens (including phenoxy) is 1. The van der Waals surface area contributed by atoms with Gasteiger partial charge < -0.3 is 15.4 Å². The number of aromatic nitrogens is 1. The highest BCUT2D eigenvalue weighted by Gasteiger charge is 2.07. The van der Waals surface area contributed by atoms with E-state index in [9.17, 15) is 0 Å². The molecule has 25 heavy (non-hydrogen) atoms. The molecular formula is C19H26N4OS. The molecule has 0 saturated heterocycles. The van der Waals surface area contributed by atoms with E-state index in [0.717, 1.165) is 18.1 Å². The molecule has 2 rings (SSSR count). The Morgan fingerprint density at radius 2 is 1.96 bits per heavy atom. The average Bonchev–Trinajstić information content (AvgIpc) is 2.64. The van der Waals surface area contributed by atoms with Gasteiger partial charge in [0.25, 0.3) is 0 Å². The lowest BCUT2D eigenvalue weighted by Gasteiger charge is -2.15. The molecule has 0 unspecified atom stereocenters. The zero-order valence-corrected chi connectivity index (χ0v) is 16.1. The Morgan fingerprint density at radius 1 is 1.20 bits per heavy atom. The van der Waals surface area contributed by atoms with Crippen molar-refractivity contribution in [3.63, 3.8) is 0 Å². The van der Waals surface area contributed by atoms with Gasteiger partial charge in [0, 0.05) is 36.8 Å². The van der Waals surface area contributed by atoms with Crippen molar-refractivity contribution in [1.29, 1.82) is 0 Å². The first-order valence-electron chi connectivity index (χ1n) is 8.32. The van der Waals surface area contributed by atoms with Gasteiger partial charge in [-0.15, -0.1) is 11.8 Å². The summed E-state index contributed by atoms with van der Waals surface area (Å²) in [7, 11) is 1.77. The Bertz CT molecular complexity index is 718. The Kier molecular flexibility index (Phi) is 7.60. The van der Waals surface area contributed by atoms with Crippen LogP contribution in [0.5, 0.6) is 5.88 Å². The van der Waals surface area contributed by atoms with Gasteiger partial charge in [0.15, 0.2) is 5.96 Å². The molecule has 0 spiro atoms. The van der Waals surface area contributed by atoms with Crippen molar-refractivity contribution < 1.29 is 4.74 Å².